The summed E-state index contributed by atoms with van der Waals surface area (Å²) in [4.78, 5) is 11.4. The molecule has 1 heterocycles. The third-order valence-electron chi connectivity index (χ3n) is 3.40. The molecule has 0 amide bonds. The van der Waals surface area contributed by atoms with Crippen molar-refractivity contribution in [2.45, 2.75) is 70.8 Å². The lowest BCUT2D eigenvalue weighted by Crippen LogP contribution is -2.03. The van der Waals surface area contributed by atoms with E-state index in [1.54, 1.807) is 0 Å². The van der Waals surface area contributed by atoms with Gasteiger partial charge in [-0.2, -0.15) is 0 Å². The van der Waals surface area contributed by atoms with E-state index >= 15 is 0 Å². The molecule has 3 heteroatoms. The summed E-state index contributed by atoms with van der Waals surface area (Å²) in [6.07, 6.45) is 15.3. The Kier molecular flexibility index (Phi) is 9.22. The van der Waals surface area contributed by atoms with Gasteiger partial charge in [0.25, 0.3) is 0 Å². The van der Waals surface area contributed by atoms with Crippen LogP contribution in [0.2, 0.25) is 0 Å². The Morgan fingerprint density at radius 3 is 2.37 bits per heavy atom. The molecule has 0 bridgehead atoms. The van der Waals surface area contributed by atoms with Crippen LogP contribution < -0.4 is 0 Å². The molecule has 0 saturated heterocycles. The molecule has 19 heavy (non-hydrogen) atoms. The van der Waals surface area contributed by atoms with Crippen molar-refractivity contribution < 1.29 is 9.53 Å². The smallest absolute Gasteiger partial charge is 0.334 e. The summed E-state index contributed by atoms with van der Waals surface area (Å²) in [6, 6.07) is 0. The largest absolute Gasteiger partial charge is 0.455 e. The normalized spacial score (nSPS) is 18.9. The quantitative estimate of drug-likeness (QED) is 0.293. The van der Waals surface area contributed by atoms with Gasteiger partial charge in [0.2, 0.25) is 0 Å². The number of carbonyl (C=O) groups excluding carboxylic acids is 1. The third kappa shape index (κ3) is 7.75. The first kappa shape index (κ1) is 16.7. The summed E-state index contributed by atoms with van der Waals surface area (Å²) < 4.78 is 7.18. The van der Waals surface area contributed by atoms with Crippen LogP contribution in [0.1, 0.15) is 64.7 Å². The minimum Gasteiger partial charge on any atom is -0.455 e. The SMILES string of the molecule is C[C@H]1C=C(CCCCCCCCC/C=C/I)C(=O)O1. The van der Waals surface area contributed by atoms with E-state index in [2.05, 4.69) is 32.7 Å². The summed E-state index contributed by atoms with van der Waals surface area (Å²) in [5, 5.41) is 0. The minimum atomic E-state index is -0.101. The molecule has 0 aromatic carbocycles. The molecule has 0 fully saturated rings. The second-order valence-electron chi connectivity index (χ2n) is 5.18. The molecule has 2 nitrogen and oxygen atoms in total. The first-order valence-corrected chi connectivity index (χ1v) is 8.65. The number of cyclic esters (lactones) is 1. The molecule has 1 atom stereocenters. The Bertz CT molecular complexity index is 321. The van der Waals surface area contributed by atoms with Gasteiger partial charge in [-0.1, -0.05) is 60.8 Å². The maximum atomic E-state index is 11.4. The maximum Gasteiger partial charge on any atom is 0.334 e. The number of ether oxygens (including phenoxy) is 1. The van der Waals surface area contributed by atoms with Gasteiger partial charge in [-0.05, 0) is 42.8 Å². The van der Waals surface area contributed by atoms with E-state index in [1.165, 1.54) is 44.9 Å². The highest BCUT2D eigenvalue weighted by Gasteiger charge is 2.20. The molecule has 1 aliphatic rings. The number of rotatable bonds is 10. The monoisotopic (exact) mass is 376 g/mol. The van der Waals surface area contributed by atoms with Crippen LogP contribution in [0.25, 0.3) is 0 Å². The summed E-state index contributed by atoms with van der Waals surface area (Å²) in [7, 11) is 0. The van der Waals surface area contributed by atoms with E-state index < -0.39 is 0 Å². The van der Waals surface area contributed by atoms with Gasteiger partial charge < -0.3 is 4.74 Å². The number of unbranched alkanes of at least 4 members (excludes halogenated alkanes) is 7. The van der Waals surface area contributed by atoms with Gasteiger partial charge in [-0.3, -0.25) is 0 Å². The first-order chi connectivity index (χ1) is 9.24. The lowest BCUT2D eigenvalue weighted by Gasteiger charge is -2.02. The van der Waals surface area contributed by atoms with Crippen molar-refractivity contribution in [3.63, 3.8) is 0 Å². The van der Waals surface area contributed by atoms with Crippen LogP contribution in [0.15, 0.2) is 21.8 Å². The van der Waals surface area contributed by atoms with Gasteiger partial charge in [0.05, 0.1) is 0 Å². The standard InChI is InChI=1S/C16H25IO2/c1-14-13-15(16(18)19-14)11-9-7-5-3-2-4-6-8-10-12-17/h10,12-14H,2-9,11H2,1H3/b12-10+/t14-/m0/s1. The fourth-order valence-electron chi connectivity index (χ4n) is 2.34. The molecule has 1 aliphatic heterocycles. The predicted octanol–water partition coefficient (Wildman–Crippen LogP) is 5.32. The third-order valence-corrected chi connectivity index (χ3v) is 3.91. The van der Waals surface area contributed by atoms with Crippen molar-refractivity contribution in [1.29, 1.82) is 0 Å². The van der Waals surface area contributed by atoms with Gasteiger partial charge in [-0.25, -0.2) is 4.79 Å². The van der Waals surface area contributed by atoms with Crippen LogP contribution >= 0.6 is 22.6 Å². The molecule has 0 saturated carbocycles. The van der Waals surface area contributed by atoms with E-state index in [9.17, 15) is 4.79 Å². The molecule has 0 aliphatic carbocycles. The minimum absolute atomic E-state index is 0.0147. The molecule has 108 valence electrons. The van der Waals surface area contributed by atoms with Gasteiger partial charge in [0.1, 0.15) is 6.10 Å². The molecule has 0 unspecified atom stereocenters. The molecule has 1 rings (SSSR count). The van der Waals surface area contributed by atoms with Crippen LogP contribution in [0.5, 0.6) is 0 Å². The Morgan fingerprint density at radius 2 is 1.79 bits per heavy atom. The highest BCUT2D eigenvalue weighted by molar-refractivity contribution is 14.1. The fraction of sp³-hybridized carbons (Fsp3) is 0.688. The Labute approximate surface area is 130 Å². The van der Waals surface area contributed by atoms with Crippen LogP contribution in [0.3, 0.4) is 0 Å². The Morgan fingerprint density at radius 1 is 1.16 bits per heavy atom. The summed E-state index contributed by atoms with van der Waals surface area (Å²) in [5.41, 5.74) is 0.887. The Balaban J connectivity index is 1.89. The summed E-state index contributed by atoms with van der Waals surface area (Å²) >= 11 is 2.27. The van der Waals surface area contributed by atoms with Gasteiger partial charge >= 0.3 is 5.97 Å². The van der Waals surface area contributed by atoms with E-state index in [0.29, 0.717) is 0 Å². The highest BCUT2D eigenvalue weighted by Crippen LogP contribution is 2.19. The second-order valence-corrected chi connectivity index (χ2v) is 5.90. The van der Waals surface area contributed by atoms with Crippen LogP contribution in [-0.2, 0) is 9.53 Å². The van der Waals surface area contributed by atoms with E-state index in [0.717, 1.165) is 18.4 Å². The highest BCUT2D eigenvalue weighted by atomic mass is 127. The molecule has 0 radical (unpaired) electrons. The predicted molar refractivity (Wildman–Crippen MR) is 88.4 cm³/mol. The average Bonchev–Trinajstić information content (AvgIpc) is 2.70. The second kappa shape index (κ2) is 10.5. The van der Waals surface area contributed by atoms with Crippen molar-refractivity contribution in [3.8, 4) is 0 Å². The molecular weight excluding hydrogens is 351 g/mol. The molecule has 0 spiro atoms. The van der Waals surface area contributed by atoms with E-state index in [1.807, 2.05) is 13.0 Å². The van der Waals surface area contributed by atoms with Crippen molar-refractivity contribution in [3.05, 3.63) is 21.8 Å². The topological polar surface area (TPSA) is 26.3 Å². The summed E-state index contributed by atoms with van der Waals surface area (Å²) in [6.45, 7) is 1.91. The van der Waals surface area contributed by atoms with Crippen molar-refractivity contribution in [2.75, 3.05) is 0 Å². The van der Waals surface area contributed by atoms with Crippen LogP contribution in [-0.4, -0.2) is 12.1 Å². The molecule has 0 N–H and O–H groups in total. The van der Waals surface area contributed by atoms with Crippen molar-refractivity contribution in [1.82, 2.24) is 0 Å². The number of allylic oxidation sites excluding steroid dienone is 1. The lowest BCUT2D eigenvalue weighted by molar-refractivity contribution is -0.139. The van der Waals surface area contributed by atoms with E-state index in [-0.39, 0.29) is 12.1 Å². The van der Waals surface area contributed by atoms with Crippen molar-refractivity contribution in [2.24, 2.45) is 0 Å². The number of hydrogen-bond donors (Lipinski definition) is 0. The van der Waals surface area contributed by atoms with Gasteiger partial charge in [0, 0.05) is 5.57 Å². The van der Waals surface area contributed by atoms with Gasteiger partial charge in [-0.15, -0.1) is 0 Å². The fourth-order valence-corrected chi connectivity index (χ4v) is 2.70. The van der Waals surface area contributed by atoms with Crippen LogP contribution in [0, 0.1) is 0 Å². The number of hydrogen-bond acceptors (Lipinski definition) is 2. The number of halogens is 1. The van der Waals surface area contributed by atoms with E-state index in [4.69, 9.17) is 4.74 Å². The zero-order valence-corrected chi connectivity index (χ0v) is 14.0. The maximum absolute atomic E-state index is 11.4. The van der Waals surface area contributed by atoms with Crippen molar-refractivity contribution >= 4 is 28.6 Å². The van der Waals surface area contributed by atoms with Crippen LogP contribution in [0.4, 0.5) is 0 Å². The molecule has 0 aromatic heterocycles. The average molecular weight is 376 g/mol. The zero-order chi connectivity index (χ0) is 13.9. The molecule has 0 aromatic rings. The number of esters is 1. The Hall–Kier alpha value is -0.320. The molecular formula is C16H25IO2. The summed E-state index contributed by atoms with van der Waals surface area (Å²) in [5.74, 6) is -0.101. The lowest BCUT2D eigenvalue weighted by atomic mass is 10.0. The number of carbonyl (C=O) groups is 1. The zero-order valence-electron chi connectivity index (χ0n) is 11.9. The first-order valence-electron chi connectivity index (χ1n) is 7.41. The van der Waals surface area contributed by atoms with Gasteiger partial charge in [0.15, 0.2) is 0 Å².